The second kappa shape index (κ2) is 9.90. The number of nitrogens with zero attached hydrogens (tertiary/aromatic N) is 2. The Balaban J connectivity index is 1.70. The van der Waals surface area contributed by atoms with E-state index in [1.54, 1.807) is 23.1 Å². The molecule has 1 N–H and O–H groups in total. The lowest BCUT2D eigenvalue weighted by atomic mass is 10.1. The molecule has 0 aliphatic carbocycles. The number of ether oxygens (including phenoxy) is 2. The van der Waals surface area contributed by atoms with Crippen molar-refractivity contribution in [2.24, 2.45) is 0 Å². The van der Waals surface area contributed by atoms with Crippen LogP contribution >= 0.6 is 0 Å². The molecule has 9 nitrogen and oxygen atoms in total. The number of para-hydroxylation sites is 1. The Morgan fingerprint density at radius 3 is 2.19 bits per heavy atom. The number of piperazine rings is 1. The predicted octanol–water partition coefficient (Wildman–Crippen LogP) is 1.69. The van der Waals surface area contributed by atoms with E-state index in [1.165, 1.54) is 43.4 Å². The van der Waals surface area contributed by atoms with Crippen molar-refractivity contribution in [3.05, 3.63) is 59.4 Å². The van der Waals surface area contributed by atoms with Gasteiger partial charge in [-0.1, -0.05) is 12.1 Å². The van der Waals surface area contributed by atoms with Crippen LogP contribution in [-0.2, 0) is 19.1 Å². The molecule has 2 amide bonds. The third kappa shape index (κ3) is 4.85. The van der Waals surface area contributed by atoms with E-state index in [9.17, 15) is 23.6 Å². The van der Waals surface area contributed by atoms with E-state index in [4.69, 9.17) is 0 Å². The molecular weight excluding hydrogens is 421 g/mol. The van der Waals surface area contributed by atoms with E-state index in [0.717, 1.165) is 0 Å². The molecule has 0 unspecified atom stereocenters. The van der Waals surface area contributed by atoms with Gasteiger partial charge in [0, 0.05) is 26.2 Å². The minimum absolute atomic E-state index is 0.0225. The van der Waals surface area contributed by atoms with Crippen LogP contribution in [0.4, 0.5) is 15.8 Å². The number of benzene rings is 2. The van der Waals surface area contributed by atoms with Gasteiger partial charge >= 0.3 is 23.8 Å². The third-order valence-corrected chi connectivity index (χ3v) is 5.05. The molecule has 0 aromatic heterocycles. The Morgan fingerprint density at radius 2 is 1.56 bits per heavy atom. The third-order valence-electron chi connectivity index (χ3n) is 5.05. The summed E-state index contributed by atoms with van der Waals surface area (Å²) < 4.78 is 23.3. The van der Waals surface area contributed by atoms with E-state index in [1.807, 2.05) is 0 Å². The number of nitrogens with one attached hydrogen (secondary N) is 1. The maximum atomic E-state index is 14.0. The summed E-state index contributed by atoms with van der Waals surface area (Å²) in [7, 11) is 2.36. The van der Waals surface area contributed by atoms with Crippen LogP contribution in [0.3, 0.4) is 0 Å². The minimum Gasteiger partial charge on any atom is -0.465 e. The first-order valence-electron chi connectivity index (χ1n) is 9.76. The zero-order valence-electron chi connectivity index (χ0n) is 17.6. The first kappa shape index (κ1) is 22.7. The molecule has 0 saturated carbocycles. The van der Waals surface area contributed by atoms with Gasteiger partial charge in [0.15, 0.2) is 0 Å². The maximum absolute atomic E-state index is 14.0. The molecule has 1 fully saturated rings. The lowest BCUT2D eigenvalue weighted by molar-refractivity contribution is -0.143. The summed E-state index contributed by atoms with van der Waals surface area (Å²) >= 11 is 0. The number of halogens is 1. The second-order valence-corrected chi connectivity index (χ2v) is 6.93. The number of methoxy groups -OCH3 is 2. The fourth-order valence-electron chi connectivity index (χ4n) is 3.36. The van der Waals surface area contributed by atoms with Gasteiger partial charge in [0.2, 0.25) is 0 Å². The molecule has 0 atom stereocenters. The van der Waals surface area contributed by atoms with E-state index in [2.05, 4.69) is 14.8 Å². The number of rotatable bonds is 4. The Kier molecular flexibility index (Phi) is 7.04. The first-order valence-corrected chi connectivity index (χ1v) is 9.76. The standard InChI is InChI=1S/C22H22FN3O6/c1-31-21(29)14-7-8-15(22(30)32-2)17(13-14)24-19(27)20(28)26-11-9-25(10-12-26)18-6-4-3-5-16(18)23/h3-8,13H,9-12H2,1-2H3,(H,24,27). The Labute approximate surface area is 183 Å². The Morgan fingerprint density at radius 1 is 0.906 bits per heavy atom. The summed E-state index contributed by atoms with van der Waals surface area (Å²) in [6, 6.07) is 10.2. The van der Waals surface area contributed by atoms with Crippen molar-refractivity contribution in [3.63, 3.8) is 0 Å². The van der Waals surface area contributed by atoms with Crippen molar-refractivity contribution in [2.75, 3.05) is 50.6 Å². The van der Waals surface area contributed by atoms with Crippen molar-refractivity contribution in [2.45, 2.75) is 0 Å². The van der Waals surface area contributed by atoms with Crippen LogP contribution in [0.15, 0.2) is 42.5 Å². The number of carbonyl (C=O) groups is 4. The van der Waals surface area contributed by atoms with E-state index >= 15 is 0 Å². The fraction of sp³-hybridized carbons (Fsp3) is 0.273. The number of carbonyl (C=O) groups excluding carboxylic acids is 4. The van der Waals surface area contributed by atoms with E-state index in [-0.39, 0.29) is 35.7 Å². The Bertz CT molecular complexity index is 1050. The quantitative estimate of drug-likeness (QED) is 0.566. The molecule has 32 heavy (non-hydrogen) atoms. The number of amides is 2. The molecule has 1 saturated heterocycles. The summed E-state index contributed by atoms with van der Waals surface area (Å²) in [5.41, 5.74) is 0.446. The highest BCUT2D eigenvalue weighted by atomic mass is 19.1. The molecule has 1 aliphatic heterocycles. The number of hydrogen-bond acceptors (Lipinski definition) is 7. The molecule has 1 aliphatic rings. The summed E-state index contributed by atoms with van der Waals surface area (Å²) in [4.78, 5) is 52.2. The normalized spacial score (nSPS) is 13.3. The number of hydrogen-bond donors (Lipinski definition) is 1. The maximum Gasteiger partial charge on any atom is 0.339 e. The van der Waals surface area contributed by atoms with Gasteiger partial charge in [0.1, 0.15) is 5.82 Å². The van der Waals surface area contributed by atoms with Crippen LogP contribution in [0.25, 0.3) is 0 Å². The van der Waals surface area contributed by atoms with Gasteiger partial charge in [-0.25, -0.2) is 14.0 Å². The van der Waals surface area contributed by atoms with Crippen LogP contribution in [0.5, 0.6) is 0 Å². The second-order valence-electron chi connectivity index (χ2n) is 6.93. The zero-order valence-corrected chi connectivity index (χ0v) is 17.6. The van der Waals surface area contributed by atoms with E-state index < -0.39 is 23.8 Å². The predicted molar refractivity (Wildman–Crippen MR) is 113 cm³/mol. The zero-order chi connectivity index (χ0) is 23.3. The first-order chi connectivity index (χ1) is 15.3. The molecule has 3 rings (SSSR count). The Hall–Kier alpha value is -3.95. The van der Waals surface area contributed by atoms with Crippen molar-refractivity contribution in [1.82, 2.24) is 4.90 Å². The average molecular weight is 443 g/mol. The van der Waals surface area contributed by atoms with Gasteiger partial charge in [-0.3, -0.25) is 9.59 Å². The topological polar surface area (TPSA) is 105 Å². The van der Waals surface area contributed by atoms with Crippen LogP contribution in [0.2, 0.25) is 0 Å². The SMILES string of the molecule is COC(=O)c1ccc(C(=O)OC)c(NC(=O)C(=O)N2CCN(c3ccccc3F)CC2)c1. The molecule has 2 aromatic carbocycles. The summed E-state index contributed by atoms with van der Waals surface area (Å²) in [5.74, 6) is -3.56. The lowest BCUT2D eigenvalue weighted by Crippen LogP contribution is -2.51. The molecule has 10 heteroatoms. The molecule has 0 radical (unpaired) electrons. The molecule has 2 aromatic rings. The molecule has 168 valence electrons. The number of anilines is 2. The van der Waals surface area contributed by atoms with Crippen LogP contribution in [-0.4, -0.2) is 69.1 Å². The van der Waals surface area contributed by atoms with Crippen LogP contribution < -0.4 is 10.2 Å². The van der Waals surface area contributed by atoms with Crippen LogP contribution in [0.1, 0.15) is 20.7 Å². The monoisotopic (exact) mass is 443 g/mol. The summed E-state index contributed by atoms with van der Waals surface area (Å²) in [5, 5.41) is 2.38. The molecule has 0 spiro atoms. The summed E-state index contributed by atoms with van der Waals surface area (Å²) in [6.07, 6.45) is 0. The van der Waals surface area contributed by atoms with Crippen molar-refractivity contribution < 1.29 is 33.0 Å². The van der Waals surface area contributed by atoms with Gasteiger partial charge in [0.25, 0.3) is 0 Å². The molecule has 1 heterocycles. The highest BCUT2D eigenvalue weighted by Gasteiger charge is 2.28. The summed E-state index contributed by atoms with van der Waals surface area (Å²) in [6.45, 7) is 1.13. The number of esters is 2. The van der Waals surface area contributed by atoms with Gasteiger partial charge in [-0.05, 0) is 30.3 Å². The van der Waals surface area contributed by atoms with Crippen molar-refractivity contribution in [3.8, 4) is 0 Å². The van der Waals surface area contributed by atoms with Gasteiger partial charge in [0.05, 0.1) is 36.7 Å². The van der Waals surface area contributed by atoms with Crippen molar-refractivity contribution >= 4 is 35.1 Å². The van der Waals surface area contributed by atoms with Gasteiger partial charge in [-0.15, -0.1) is 0 Å². The smallest absolute Gasteiger partial charge is 0.339 e. The highest BCUT2D eigenvalue weighted by Crippen LogP contribution is 2.22. The van der Waals surface area contributed by atoms with Gasteiger partial charge < -0.3 is 24.6 Å². The fourth-order valence-corrected chi connectivity index (χ4v) is 3.36. The average Bonchev–Trinajstić information content (AvgIpc) is 2.83. The highest BCUT2D eigenvalue weighted by molar-refractivity contribution is 6.40. The van der Waals surface area contributed by atoms with Crippen LogP contribution in [0, 0.1) is 5.82 Å². The minimum atomic E-state index is -0.975. The van der Waals surface area contributed by atoms with E-state index in [0.29, 0.717) is 18.8 Å². The molecule has 0 bridgehead atoms. The molecular formula is C22H22FN3O6. The van der Waals surface area contributed by atoms with Crippen molar-refractivity contribution in [1.29, 1.82) is 0 Å². The largest absolute Gasteiger partial charge is 0.465 e. The van der Waals surface area contributed by atoms with Gasteiger partial charge in [-0.2, -0.15) is 0 Å². The lowest BCUT2D eigenvalue weighted by Gasteiger charge is -2.35.